The van der Waals surface area contributed by atoms with Crippen molar-refractivity contribution in [3.8, 4) is 0 Å². The second-order valence-electron chi connectivity index (χ2n) is 5.71. The fraction of sp³-hybridized carbons (Fsp3) is 1.00. The average molecular weight is 224 g/mol. The van der Waals surface area contributed by atoms with Crippen molar-refractivity contribution in [2.24, 2.45) is 0 Å². The van der Waals surface area contributed by atoms with Crippen LogP contribution in [0.4, 0.5) is 0 Å². The van der Waals surface area contributed by atoms with E-state index in [1.807, 2.05) is 0 Å². The molecule has 2 rings (SSSR count). The summed E-state index contributed by atoms with van der Waals surface area (Å²) in [6, 6.07) is 2.47. The van der Waals surface area contributed by atoms with E-state index in [0.717, 1.165) is 18.1 Å². The molecule has 94 valence electrons. The maximum absolute atomic E-state index is 3.76. The van der Waals surface area contributed by atoms with Crippen molar-refractivity contribution in [2.75, 3.05) is 13.1 Å². The van der Waals surface area contributed by atoms with Crippen LogP contribution in [0.2, 0.25) is 0 Å². The normalized spacial score (nSPS) is 24.2. The summed E-state index contributed by atoms with van der Waals surface area (Å²) in [5.41, 5.74) is 0. The molecule has 0 heterocycles. The molecule has 2 nitrogen and oxygen atoms in total. The predicted molar refractivity (Wildman–Crippen MR) is 69.7 cm³/mol. The van der Waals surface area contributed by atoms with E-state index in [9.17, 15) is 0 Å². The van der Waals surface area contributed by atoms with Gasteiger partial charge in [0, 0.05) is 24.7 Å². The van der Waals surface area contributed by atoms with Gasteiger partial charge >= 0.3 is 0 Å². The number of hydrogen-bond donors (Lipinski definition) is 1. The Bertz CT molecular complexity index is 195. The first-order valence-electron chi connectivity index (χ1n) is 7.30. The monoisotopic (exact) mass is 224 g/mol. The third-order valence-corrected chi connectivity index (χ3v) is 4.12. The van der Waals surface area contributed by atoms with Crippen molar-refractivity contribution in [2.45, 2.75) is 76.9 Å². The van der Waals surface area contributed by atoms with Gasteiger partial charge in [-0.05, 0) is 45.6 Å². The number of nitrogens with one attached hydrogen (secondary N) is 1. The predicted octanol–water partition coefficient (Wildman–Crippen LogP) is 2.78. The first kappa shape index (κ1) is 12.4. The Balaban J connectivity index is 1.69. The number of rotatable bonds is 7. The van der Waals surface area contributed by atoms with Gasteiger partial charge in [0.2, 0.25) is 0 Å². The molecule has 1 N–H and O–H groups in total. The zero-order chi connectivity index (χ0) is 11.4. The minimum Gasteiger partial charge on any atom is -0.312 e. The lowest BCUT2D eigenvalue weighted by atomic mass is 10.2. The summed E-state index contributed by atoms with van der Waals surface area (Å²) < 4.78 is 0. The van der Waals surface area contributed by atoms with Crippen LogP contribution in [0.3, 0.4) is 0 Å². The van der Waals surface area contributed by atoms with Gasteiger partial charge in [0.15, 0.2) is 0 Å². The summed E-state index contributed by atoms with van der Waals surface area (Å²) in [7, 11) is 0. The summed E-state index contributed by atoms with van der Waals surface area (Å²) in [6.07, 6.45) is 9.86. The third kappa shape index (κ3) is 3.46. The van der Waals surface area contributed by atoms with E-state index in [-0.39, 0.29) is 0 Å². The Morgan fingerprint density at radius 3 is 2.44 bits per heavy atom. The van der Waals surface area contributed by atoms with E-state index in [2.05, 4.69) is 24.1 Å². The molecule has 2 heteroatoms. The molecule has 0 aliphatic heterocycles. The lowest BCUT2D eigenvalue weighted by molar-refractivity contribution is 0.191. The van der Waals surface area contributed by atoms with Crippen LogP contribution in [0.25, 0.3) is 0 Å². The highest BCUT2D eigenvalue weighted by Gasteiger charge is 2.31. The molecule has 0 bridgehead atoms. The van der Waals surface area contributed by atoms with Crippen LogP contribution >= 0.6 is 0 Å². The molecule has 2 aliphatic carbocycles. The summed E-state index contributed by atoms with van der Waals surface area (Å²) in [4.78, 5) is 2.72. The lowest BCUT2D eigenvalue weighted by Gasteiger charge is -2.30. The molecule has 0 amide bonds. The van der Waals surface area contributed by atoms with Gasteiger partial charge in [0.05, 0.1) is 0 Å². The van der Waals surface area contributed by atoms with E-state index < -0.39 is 0 Å². The second-order valence-corrected chi connectivity index (χ2v) is 5.71. The molecule has 0 aromatic carbocycles. The second kappa shape index (κ2) is 6.02. The first-order valence-corrected chi connectivity index (χ1v) is 7.30. The van der Waals surface area contributed by atoms with Gasteiger partial charge in [0.1, 0.15) is 0 Å². The highest BCUT2D eigenvalue weighted by atomic mass is 15.2. The number of hydrogen-bond acceptors (Lipinski definition) is 2. The quantitative estimate of drug-likeness (QED) is 0.715. The van der Waals surface area contributed by atoms with E-state index in [0.29, 0.717) is 0 Å². The standard InChI is InChI=1S/C14H28N2/c1-3-10-16(14-8-9-14)12(2)11-15-13-6-4-5-7-13/h12-15H,3-11H2,1-2H3. The van der Waals surface area contributed by atoms with Crippen molar-refractivity contribution in [3.63, 3.8) is 0 Å². The molecule has 0 radical (unpaired) electrons. The highest BCUT2D eigenvalue weighted by Crippen LogP contribution is 2.28. The van der Waals surface area contributed by atoms with Crippen molar-refractivity contribution < 1.29 is 0 Å². The third-order valence-electron chi connectivity index (χ3n) is 4.12. The Labute approximate surface area is 101 Å². The maximum Gasteiger partial charge on any atom is 0.0195 e. The summed E-state index contributed by atoms with van der Waals surface area (Å²) in [6.45, 7) is 7.18. The summed E-state index contributed by atoms with van der Waals surface area (Å²) in [5, 5.41) is 3.76. The van der Waals surface area contributed by atoms with E-state index in [1.165, 1.54) is 58.0 Å². The first-order chi connectivity index (χ1) is 7.81. The molecule has 2 saturated carbocycles. The van der Waals surface area contributed by atoms with Gasteiger partial charge in [-0.3, -0.25) is 4.90 Å². The summed E-state index contributed by atoms with van der Waals surface area (Å²) in [5.74, 6) is 0. The molecule has 16 heavy (non-hydrogen) atoms. The molecule has 2 aliphatic rings. The molecule has 0 saturated heterocycles. The van der Waals surface area contributed by atoms with E-state index in [4.69, 9.17) is 0 Å². The SMILES string of the molecule is CCCN(C(C)CNC1CCCC1)C1CC1. The van der Waals surface area contributed by atoms with Crippen LogP contribution in [-0.4, -0.2) is 36.1 Å². The Kier molecular flexibility index (Phi) is 4.66. The molecule has 1 atom stereocenters. The minimum atomic E-state index is 0.730. The Hall–Kier alpha value is -0.0800. The average Bonchev–Trinajstić information content (AvgIpc) is 2.99. The van der Waals surface area contributed by atoms with Gasteiger partial charge in [0.25, 0.3) is 0 Å². The van der Waals surface area contributed by atoms with Crippen LogP contribution < -0.4 is 5.32 Å². The molecule has 2 fully saturated rings. The largest absolute Gasteiger partial charge is 0.312 e. The van der Waals surface area contributed by atoms with Gasteiger partial charge in [-0.15, -0.1) is 0 Å². The number of nitrogens with zero attached hydrogens (tertiary/aromatic N) is 1. The lowest BCUT2D eigenvalue weighted by Crippen LogP contribution is -2.44. The van der Waals surface area contributed by atoms with E-state index >= 15 is 0 Å². The van der Waals surface area contributed by atoms with Gasteiger partial charge in [-0.1, -0.05) is 19.8 Å². The molecule has 0 spiro atoms. The molecule has 0 aromatic heterocycles. The summed E-state index contributed by atoms with van der Waals surface area (Å²) >= 11 is 0. The Morgan fingerprint density at radius 1 is 1.19 bits per heavy atom. The molecule has 0 aromatic rings. The fourth-order valence-electron chi connectivity index (χ4n) is 3.01. The van der Waals surface area contributed by atoms with Crippen molar-refractivity contribution >= 4 is 0 Å². The van der Waals surface area contributed by atoms with Crippen LogP contribution in [0.5, 0.6) is 0 Å². The highest BCUT2D eigenvalue weighted by molar-refractivity contribution is 4.88. The van der Waals surface area contributed by atoms with Gasteiger partial charge in [-0.25, -0.2) is 0 Å². The molecular weight excluding hydrogens is 196 g/mol. The smallest absolute Gasteiger partial charge is 0.0195 e. The van der Waals surface area contributed by atoms with Crippen LogP contribution in [-0.2, 0) is 0 Å². The van der Waals surface area contributed by atoms with Gasteiger partial charge < -0.3 is 5.32 Å². The maximum atomic E-state index is 3.76. The van der Waals surface area contributed by atoms with Crippen molar-refractivity contribution in [3.05, 3.63) is 0 Å². The van der Waals surface area contributed by atoms with Crippen LogP contribution in [0.15, 0.2) is 0 Å². The van der Waals surface area contributed by atoms with Crippen molar-refractivity contribution in [1.82, 2.24) is 10.2 Å². The van der Waals surface area contributed by atoms with Crippen LogP contribution in [0.1, 0.15) is 58.8 Å². The molecule has 1 unspecified atom stereocenters. The zero-order valence-corrected chi connectivity index (χ0v) is 11.0. The Morgan fingerprint density at radius 2 is 1.88 bits per heavy atom. The fourth-order valence-corrected chi connectivity index (χ4v) is 3.01. The van der Waals surface area contributed by atoms with E-state index in [1.54, 1.807) is 0 Å². The minimum absolute atomic E-state index is 0.730. The van der Waals surface area contributed by atoms with Crippen LogP contribution in [0, 0.1) is 0 Å². The topological polar surface area (TPSA) is 15.3 Å². The van der Waals surface area contributed by atoms with Gasteiger partial charge in [-0.2, -0.15) is 0 Å². The molecular formula is C14H28N2. The van der Waals surface area contributed by atoms with Crippen molar-refractivity contribution in [1.29, 1.82) is 0 Å². The zero-order valence-electron chi connectivity index (χ0n) is 11.0.